The lowest BCUT2D eigenvalue weighted by atomic mass is 10.1. The van der Waals surface area contributed by atoms with Gasteiger partial charge in [0.25, 0.3) is 11.5 Å². The Morgan fingerprint density at radius 2 is 1.68 bits per heavy atom. The Morgan fingerprint density at radius 3 is 2.38 bits per heavy atom. The van der Waals surface area contributed by atoms with Crippen molar-refractivity contribution in [1.82, 2.24) is 9.78 Å². The Labute approximate surface area is 195 Å². The van der Waals surface area contributed by atoms with E-state index in [1.807, 2.05) is 0 Å². The number of carbonyl (C=O) groups is 2. The summed E-state index contributed by atoms with van der Waals surface area (Å²) in [7, 11) is 1.53. The third-order valence-electron chi connectivity index (χ3n) is 5.26. The molecule has 0 aliphatic heterocycles. The Morgan fingerprint density at radius 1 is 0.971 bits per heavy atom. The van der Waals surface area contributed by atoms with Crippen LogP contribution in [0.25, 0.3) is 10.8 Å². The second kappa shape index (κ2) is 9.99. The molecule has 4 rings (SSSR count). The van der Waals surface area contributed by atoms with Gasteiger partial charge in [0, 0.05) is 29.2 Å². The van der Waals surface area contributed by atoms with Gasteiger partial charge in [0.15, 0.2) is 5.69 Å². The maximum atomic E-state index is 13.3. The van der Waals surface area contributed by atoms with Gasteiger partial charge in [-0.1, -0.05) is 54.6 Å². The number of nitrogens with zero attached hydrogens (tertiary/aromatic N) is 2. The number of fused-ring (bicyclic) bond motifs is 1. The van der Waals surface area contributed by atoms with Crippen molar-refractivity contribution < 1.29 is 19.1 Å². The smallest absolute Gasteiger partial charge is 0.360 e. The summed E-state index contributed by atoms with van der Waals surface area (Å²) >= 11 is 0. The predicted octanol–water partition coefficient (Wildman–Crippen LogP) is 3.96. The average Bonchev–Trinajstić information content (AvgIpc) is 2.88. The number of nitrogens with one attached hydrogen (secondary N) is 1. The molecule has 0 unspecified atom stereocenters. The van der Waals surface area contributed by atoms with Gasteiger partial charge in [0.05, 0.1) is 12.5 Å². The Hall–Kier alpha value is -4.46. The Balaban J connectivity index is 1.70. The summed E-state index contributed by atoms with van der Waals surface area (Å²) in [4.78, 5) is 39.1. The van der Waals surface area contributed by atoms with Crippen LogP contribution in [0, 0.1) is 0 Å². The van der Waals surface area contributed by atoms with E-state index in [4.69, 9.17) is 9.47 Å². The molecule has 8 heteroatoms. The number of rotatable bonds is 7. The summed E-state index contributed by atoms with van der Waals surface area (Å²) < 4.78 is 12.1. The molecule has 0 aliphatic carbocycles. The molecule has 34 heavy (non-hydrogen) atoms. The van der Waals surface area contributed by atoms with E-state index in [1.54, 1.807) is 85.8 Å². The van der Waals surface area contributed by atoms with Crippen LogP contribution in [0.2, 0.25) is 0 Å². The van der Waals surface area contributed by atoms with Gasteiger partial charge in [-0.25, -0.2) is 9.48 Å². The monoisotopic (exact) mass is 457 g/mol. The van der Waals surface area contributed by atoms with E-state index in [0.717, 1.165) is 0 Å². The fourth-order valence-electron chi connectivity index (χ4n) is 3.57. The SMILES string of the molecule is CCn1nc(C(=O)O[C@@H](C(=O)Nc2cccc(OC)c2)c2ccccc2)c2ccccc2c1=O. The highest BCUT2D eigenvalue weighted by atomic mass is 16.5. The Bertz CT molecular complexity index is 1400. The van der Waals surface area contributed by atoms with Crippen LogP contribution in [-0.2, 0) is 16.1 Å². The maximum absolute atomic E-state index is 13.3. The van der Waals surface area contributed by atoms with Crippen molar-refractivity contribution in [1.29, 1.82) is 0 Å². The fourth-order valence-corrected chi connectivity index (χ4v) is 3.57. The van der Waals surface area contributed by atoms with Gasteiger partial charge in [0.2, 0.25) is 6.10 Å². The van der Waals surface area contributed by atoms with Crippen LogP contribution in [-0.4, -0.2) is 28.8 Å². The lowest BCUT2D eigenvalue weighted by Crippen LogP contribution is -2.29. The van der Waals surface area contributed by atoms with Crippen LogP contribution in [0.3, 0.4) is 0 Å². The fraction of sp³-hybridized carbons (Fsp3) is 0.154. The van der Waals surface area contributed by atoms with Gasteiger partial charge in [-0.15, -0.1) is 0 Å². The zero-order valence-corrected chi connectivity index (χ0v) is 18.7. The van der Waals surface area contributed by atoms with Crippen molar-refractivity contribution in [3.8, 4) is 5.75 Å². The van der Waals surface area contributed by atoms with E-state index in [2.05, 4.69) is 10.4 Å². The molecular weight excluding hydrogens is 434 g/mol. The maximum Gasteiger partial charge on any atom is 0.360 e. The second-order valence-corrected chi connectivity index (χ2v) is 7.43. The van der Waals surface area contributed by atoms with E-state index < -0.39 is 18.0 Å². The first-order valence-electron chi connectivity index (χ1n) is 10.7. The van der Waals surface area contributed by atoms with E-state index in [-0.39, 0.29) is 17.8 Å². The number of aryl methyl sites for hydroxylation is 1. The number of hydrogen-bond donors (Lipinski definition) is 1. The zero-order valence-electron chi connectivity index (χ0n) is 18.7. The molecular formula is C26H23N3O5. The minimum atomic E-state index is -1.25. The third-order valence-corrected chi connectivity index (χ3v) is 5.26. The highest BCUT2D eigenvalue weighted by Crippen LogP contribution is 2.24. The Kier molecular flexibility index (Phi) is 6.68. The summed E-state index contributed by atoms with van der Waals surface area (Å²) in [5, 5.41) is 7.70. The van der Waals surface area contributed by atoms with Crippen LogP contribution in [0.15, 0.2) is 83.7 Å². The van der Waals surface area contributed by atoms with Gasteiger partial charge in [-0.3, -0.25) is 9.59 Å². The number of aromatic nitrogens is 2. The first-order valence-corrected chi connectivity index (χ1v) is 10.7. The van der Waals surface area contributed by atoms with Crippen LogP contribution >= 0.6 is 0 Å². The number of anilines is 1. The summed E-state index contributed by atoms with van der Waals surface area (Å²) in [6.45, 7) is 2.04. The normalized spacial score (nSPS) is 11.6. The number of benzene rings is 3. The first kappa shape index (κ1) is 22.7. The molecule has 0 bridgehead atoms. The molecule has 1 atom stereocenters. The molecule has 4 aromatic rings. The summed E-state index contributed by atoms with van der Waals surface area (Å²) in [6.07, 6.45) is -1.25. The molecule has 0 saturated heterocycles. The minimum absolute atomic E-state index is 0.0350. The van der Waals surface area contributed by atoms with Gasteiger partial charge in [-0.05, 0) is 25.1 Å². The molecule has 8 nitrogen and oxygen atoms in total. The summed E-state index contributed by atoms with van der Waals surface area (Å²) in [5.41, 5.74) is 0.644. The molecule has 3 aromatic carbocycles. The van der Waals surface area contributed by atoms with Gasteiger partial charge in [-0.2, -0.15) is 5.10 Å². The second-order valence-electron chi connectivity index (χ2n) is 7.43. The van der Waals surface area contributed by atoms with E-state index in [0.29, 0.717) is 27.8 Å². The number of amides is 1. The lowest BCUT2D eigenvalue weighted by molar-refractivity contribution is -0.125. The number of ether oxygens (including phenoxy) is 2. The topological polar surface area (TPSA) is 99.5 Å². The third kappa shape index (κ3) is 4.66. The lowest BCUT2D eigenvalue weighted by Gasteiger charge is -2.19. The van der Waals surface area contributed by atoms with Crippen molar-refractivity contribution in [3.05, 3.63) is 100 Å². The number of carbonyl (C=O) groups excluding carboxylic acids is 2. The van der Waals surface area contributed by atoms with Gasteiger partial charge < -0.3 is 14.8 Å². The molecule has 0 spiro atoms. The quantitative estimate of drug-likeness (QED) is 0.422. The number of methoxy groups -OCH3 is 1. The average molecular weight is 457 g/mol. The van der Waals surface area contributed by atoms with Gasteiger partial charge in [0.1, 0.15) is 5.75 Å². The minimum Gasteiger partial charge on any atom is -0.497 e. The zero-order chi connectivity index (χ0) is 24.1. The first-order chi connectivity index (χ1) is 16.5. The molecule has 0 aliphatic rings. The van der Waals surface area contributed by atoms with E-state index in [1.165, 1.54) is 11.8 Å². The molecule has 1 heterocycles. The standard InChI is InChI=1S/C26H23N3O5/c1-3-29-25(31)21-15-8-7-14-20(21)22(28-29)26(32)34-23(17-10-5-4-6-11-17)24(30)27-18-12-9-13-19(16-18)33-2/h4-16,23H,3H2,1-2H3,(H,27,30)/t23-/m1/s1. The van der Waals surface area contributed by atoms with Crippen LogP contribution in [0.1, 0.15) is 29.1 Å². The molecule has 1 aromatic heterocycles. The number of esters is 1. The predicted molar refractivity (Wildman–Crippen MR) is 128 cm³/mol. The number of hydrogen-bond acceptors (Lipinski definition) is 6. The van der Waals surface area contributed by atoms with Crippen LogP contribution in [0.4, 0.5) is 5.69 Å². The van der Waals surface area contributed by atoms with Crippen LogP contribution < -0.4 is 15.6 Å². The van der Waals surface area contributed by atoms with Crippen molar-refractivity contribution >= 4 is 28.3 Å². The molecule has 0 saturated carbocycles. The largest absolute Gasteiger partial charge is 0.497 e. The highest BCUT2D eigenvalue weighted by molar-refractivity contribution is 6.04. The van der Waals surface area contributed by atoms with Crippen molar-refractivity contribution in [2.45, 2.75) is 19.6 Å². The van der Waals surface area contributed by atoms with Crippen LogP contribution in [0.5, 0.6) is 5.75 Å². The van der Waals surface area contributed by atoms with E-state index in [9.17, 15) is 14.4 Å². The molecule has 0 fully saturated rings. The molecule has 0 radical (unpaired) electrons. The van der Waals surface area contributed by atoms with Crippen molar-refractivity contribution in [2.75, 3.05) is 12.4 Å². The molecule has 1 amide bonds. The highest BCUT2D eigenvalue weighted by Gasteiger charge is 2.28. The molecule has 172 valence electrons. The molecule has 1 N–H and O–H groups in total. The van der Waals surface area contributed by atoms with Crippen molar-refractivity contribution in [2.24, 2.45) is 0 Å². The summed E-state index contributed by atoms with van der Waals surface area (Å²) in [6, 6.07) is 22.2. The van der Waals surface area contributed by atoms with Crippen molar-refractivity contribution in [3.63, 3.8) is 0 Å². The van der Waals surface area contributed by atoms with Gasteiger partial charge >= 0.3 is 5.97 Å². The summed E-state index contributed by atoms with van der Waals surface area (Å²) in [5.74, 6) is -0.780. The van der Waals surface area contributed by atoms with E-state index >= 15 is 0 Å².